The highest BCUT2D eigenvalue weighted by atomic mass is 35.5. The van der Waals surface area contributed by atoms with E-state index < -0.39 is 0 Å². The van der Waals surface area contributed by atoms with E-state index in [9.17, 15) is 4.79 Å². The molecule has 0 heterocycles. The molecule has 2 amide bonds. The van der Waals surface area contributed by atoms with Crippen molar-refractivity contribution in [2.24, 2.45) is 0 Å². The van der Waals surface area contributed by atoms with Gasteiger partial charge in [-0.2, -0.15) is 0 Å². The van der Waals surface area contributed by atoms with Crippen LogP contribution in [0.5, 0.6) is 0 Å². The van der Waals surface area contributed by atoms with Gasteiger partial charge in [0.05, 0.1) is 10.0 Å². The first-order chi connectivity index (χ1) is 9.45. The summed E-state index contributed by atoms with van der Waals surface area (Å²) in [6, 6.07) is 9.76. The molecule has 2 aromatic rings. The van der Waals surface area contributed by atoms with Crippen LogP contribution in [0.4, 0.5) is 16.2 Å². The van der Waals surface area contributed by atoms with Crippen LogP contribution >= 0.6 is 34.8 Å². The van der Waals surface area contributed by atoms with Gasteiger partial charge in [0.15, 0.2) is 0 Å². The van der Waals surface area contributed by atoms with Crippen LogP contribution in [0.3, 0.4) is 0 Å². The zero-order chi connectivity index (χ0) is 14.7. The molecule has 0 aliphatic rings. The zero-order valence-corrected chi connectivity index (χ0v) is 12.8. The highest BCUT2D eigenvalue weighted by Gasteiger charge is 2.07. The van der Waals surface area contributed by atoms with E-state index in [0.717, 1.165) is 5.56 Å². The number of halogens is 3. The Balaban J connectivity index is 2.09. The lowest BCUT2D eigenvalue weighted by atomic mass is 10.2. The average molecular weight is 330 g/mol. The summed E-state index contributed by atoms with van der Waals surface area (Å²) in [5, 5.41) is 6.76. The molecule has 0 radical (unpaired) electrons. The van der Waals surface area contributed by atoms with E-state index in [1.165, 1.54) is 0 Å². The number of hydrogen-bond acceptors (Lipinski definition) is 1. The quantitative estimate of drug-likeness (QED) is 0.740. The van der Waals surface area contributed by atoms with Gasteiger partial charge in [-0.05, 0) is 42.8 Å². The molecule has 0 bridgehead atoms. The number of amides is 2. The van der Waals surface area contributed by atoms with Crippen molar-refractivity contribution in [3.8, 4) is 0 Å². The lowest BCUT2D eigenvalue weighted by Gasteiger charge is -2.10. The monoisotopic (exact) mass is 328 g/mol. The lowest BCUT2D eigenvalue weighted by molar-refractivity contribution is 0.262. The number of hydrogen-bond donors (Lipinski definition) is 2. The van der Waals surface area contributed by atoms with Gasteiger partial charge >= 0.3 is 6.03 Å². The van der Waals surface area contributed by atoms with E-state index in [1.807, 2.05) is 13.0 Å². The molecular formula is C14H11Cl3N2O. The first kappa shape index (κ1) is 15.0. The maximum Gasteiger partial charge on any atom is 0.323 e. The number of carbonyl (C=O) groups is 1. The van der Waals surface area contributed by atoms with Crippen LogP contribution in [0.25, 0.3) is 0 Å². The first-order valence-corrected chi connectivity index (χ1v) is 6.88. The van der Waals surface area contributed by atoms with Gasteiger partial charge in [-0.3, -0.25) is 0 Å². The third-order valence-corrected chi connectivity index (χ3v) is 3.60. The molecule has 0 aliphatic carbocycles. The van der Waals surface area contributed by atoms with Crippen molar-refractivity contribution in [2.45, 2.75) is 6.92 Å². The number of benzene rings is 2. The van der Waals surface area contributed by atoms with Crippen molar-refractivity contribution in [3.05, 3.63) is 57.0 Å². The summed E-state index contributed by atoms with van der Waals surface area (Å²) in [7, 11) is 0. The fourth-order valence-corrected chi connectivity index (χ4v) is 2.06. The van der Waals surface area contributed by atoms with Gasteiger partial charge in [-0.15, -0.1) is 0 Å². The van der Waals surface area contributed by atoms with E-state index in [2.05, 4.69) is 10.6 Å². The van der Waals surface area contributed by atoms with Crippen molar-refractivity contribution < 1.29 is 4.79 Å². The van der Waals surface area contributed by atoms with E-state index in [4.69, 9.17) is 34.8 Å². The summed E-state index contributed by atoms with van der Waals surface area (Å²) in [6.07, 6.45) is 0. The van der Waals surface area contributed by atoms with Crippen LogP contribution in [0.15, 0.2) is 36.4 Å². The predicted octanol–water partition coefficient (Wildman–Crippen LogP) is 5.60. The van der Waals surface area contributed by atoms with Crippen molar-refractivity contribution in [1.29, 1.82) is 0 Å². The maximum atomic E-state index is 11.9. The normalized spacial score (nSPS) is 10.2. The van der Waals surface area contributed by atoms with Crippen LogP contribution in [-0.2, 0) is 0 Å². The second-order valence-electron chi connectivity index (χ2n) is 4.17. The van der Waals surface area contributed by atoms with Gasteiger partial charge < -0.3 is 10.6 Å². The molecule has 0 saturated carbocycles. The number of nitrogens with one attached hydrogen (secondary N) is 2. The third kappa shape index (κ3) is 3.79. The summed E-state index contributed by atoms with van der Waals surface area (Å²) >= 11 is 17.6. The molecule has 104 valence electrons. The summed E-state index contributed by atoms with van der Waals surface area (Å²) in [5.74, 6) is 0. The van der Waals surface area contributed by atoms with Gasteiger partial charge in [0, 0.05) is 16.4 Å². The van der Waals surface area contributed by atoms with E-state index in [1.54, 1.807) is 30.3 Å². The molecule has 0 spiro atoms. The Hall–Kier alpha value is -1.42. The topological polar surface area (TPSA) is 41.1 Å². The standard InChI is InChI=1S/C14H11Cl3N2O/c1-8-2-3-9(15)6-13(8)19-14(20)18-10-4-5-11(16)12(17)7-10/h2-7H,1H3,(H2,18,19,20). The summed E-state index contributed by atoms with van der Waals surface area (Å²) in [4.78, 5) is 11.9. The van der Waals surface area contributed by atoms with Crippen molar-refractivity contribution in [3.63, 3.8) is 0 Å². The van der Waals surface area contributed by atoms with Crippen LogP contribution in [0.2, 0.25) is 15.1 Å². The van der Waals surface area contributed by atoms with Crippen LogP contribution in [0.1, 0.15) is 5.56 Å². The van der Waals surface area contributed by atoms with E-state index in [-0.39, 0.29) is 6.03 Å². The summed E-state index contributed by atoms with van der Waals surface area (Å²) < 4.78 is 0. The van der Waals surface area contributed by atoms with Gasteiger partial charge in [0.25, 0.3) is 0 Å². The zero-order valence-electron chi connectivity index (χ0n) is 10.5. The predicted molar refractivity (Wildman–Crippen MR) is 85.3 cm³/mol. The van der Waals surface area contributed by atoms with Crippen molar-refractivity contribution >= 4 is 52.2 Å². The van der Waals surface area contributed by atoms with Gasteiger partial charge in [0.1, 0.15) is 0 Å². The number of rotatable bonds is 2. The molecule has 2 N–H and O–H groups in total. The van der Waals surface area contributed by atoms with Gasteiger partial charge in [-0.25, -0.2) is 4.79 Å². The SMILES string of the molecule is Cc1ccc(Cl)cc1NC(=O)Nc1ccc(Cl)c(Cl)c1. The minimum atomic E-state index is -0.381. The van der Waals surface area contributed by atoms with Crippen LogP contribution in [-0.4, -0.2) is 6.03 Å². The first-order valence-electron chi connectivity index (χ1n) is 5.75. The van der Waals surface area contributed by atoms with Crippen molar-refractivity contribution in [1.82, 2.24) is 0 Å². The fourth-order valence-electron chi connectivity index (χ4n) is 1.59. The molecule has 3 nitrogen and oxygen atoms in total. The number of aryl methyl sites for hydroxylation is 1. The molecule has 2 rings (SSSR count). The summed E-state index contributed by atoms with van der Waals surface area (Å²) in [5.41, 5.74) is 2.12. The number of urea groups is 1. The number of anilines is 2. The van der Waals surface area contributed by atoms with E-state index >= 15 is 0 Å². The molecule has 0 fully saturated rings. The molecule has 20 heavy (non-hydrogen) atoms. The molecular weight excluding hydrogens is 319 g/mol. The molecule has 0 unspecified atom stereocenters. The highest BCUT2D eigenvalue weighted by Crippen LogP contribution is 2.25. The van der Waals surface area contributed by atoms with Crippen LogP contribution in [0, 0.1) is 6.92 Å². The van der Waals surface area contributed by atoms with Gasteiger partial charge in [-0.1, -0.05) is 40.9 Å². The van der Waals surface area contributed by atoms with Crippen molar-refractivity contribution in [2.75, 3.05) is 10.6 Å². The molecule has 6 heteroatoms. The Morgan fingerprint density at radius 3 is 2.40 bits per heavy atom. The molecule has 0 saturated heterocycles. The fraction of sp³-hybridized carbons (Fsp3) is 0.0714. The Morgan fingerprint density at radius 2 is 1.70 bits per heavy atom. The molecule has 2 aromatic carbocycles. The second-order valence-corrected chi connectivity index (χ2v) is 5.42. The smallest absolute Gasteiger partial charge is 0.308 e. The molecule has 0 aliphatic heterocycles. The number of carbonyl (C=O) groups excluding carboxylic acids is 1. The molecule has 0 atom stereocenters. The summed E-state index contributed by atoms with van der Waals surface area (Å²) in [6.45, 7) is 1.88. The minimum absolute atomic E-state index is 0.378. The highest BCUT2D eigenvalue weighted by molar-refractivity contribution is 6.42. The van der Waals surface area contributed by atoms with Crippen LogP contribution < -0.4 is 10.6 Å². The Morgan fingerprint density at radius 1 is 0.950 bits per heavy atom. The largest absolute Gasteiger partial charge is 0.323 e. The average Bonchev–Trinajstić information content (AvgIpc) is 2.38. The lowest BCUT2D eigenvalue weighted by Crippen LogP contribution is -2.19. The minimum Gasteiger partial charge on any atom is -0.308 e. The Bertz CT molecular complexity index is 659. The Kier molecular flexibility index (Phi) is 4.76. The Labute approximate surface area is 131 Å². The van der Waals surface area contributed by atoms with Gasteiger partial charge in [0.2, 0.25) is 0 Å². The molecule has 0 aromatic heterocycles. The van der Waals surface area contributed by atoms with E-state index in [0.29, 0.717) is 26.4 Å². The second kappa shape index (κ2) is 6.35. The maximum absolute atomic E-state index is 11.9. The third-order valence-electron chi connectivity index (χ3n) is 2.63.